The number of nitrogens with one attached hydrogen (secondary N) is 2. The molecule has 6 nitrogen and oxygen atoms in total. The Morgan fingerprint density at radius 3 is 2.32 bits per heavy atom. The topological polar surface area (TPSA) is 90.7 Å². The van der Waals surface area contributed by atoms with Crippen molar-refractivity contribution in [3.8, 4) is 6.07 Å². The van der Waals surface area contributed by atoms with Crippen LogP contribution in [0.3, 0.4) is 0 Å². The number of nitriles is 1. The molecule has 3 aromatic rings. The van der Waals surface area contributed by atoms with Gasteiger partial charge in [-0.25, -0.2) is 9.97 Å². The number of carbonyl (C=O) groups is 1. The van der Waals surface area contributed by atoms with Gasteiger partial charge in [0.05, 0.1) is 32.9 Å². The lowest BCUT2D eigenvalue weighted by atomic mass is 10.1. The summed E-state index contributed by atoms with van der Waals surface area (Å²) >= 11 is 12.0. The van der Waals surface area contributed by atoms with Gasteiger partial charge in [0.1, 0.15) is 0 Å². The van der Waals surface area contributed by atoms with Crippen LogP contribution in [0.25, 0.3) is 0 Å². The number of para-hydroxylation sites is 1. The molecule has 0 spiro atoms. The van der Waals surface area contributed by atoms with Gasteiger partial charge in [-0.1, -0.05) is 41.4 Å². The van der Waals surface area contributed by atoms with Gasteiger partial charge in [-0.05, 0) is 29.8 Å². The first kappa shape index (κ1) is 22.3. The molecule has 0 aliphatic rings. The minimum Gasteiger partial charge on any atom is -0.348 e. The van der Waals surface area contributed by atoms with Crippen LogP contribution in [0.1, 0.15) is 27.2 Å². The Morgan fingerprint density at radius 1 is 1.10 bits per heavy atom. The molecule has 0 saturated heterocycles. The molecular weight excluding hydrogens is 454 g/mol. The lowest BCUT2D eigenvalue weighted by molar-refractivity contribution is -0.141. The predicted octanol–water partition coefficient (Wildman–Crippen LogP) is 5.35. The van der Waals surface area contributed by atoms with Gasteiger partial charge < -0.3 is 10.6 Å². The average Bonchev–Trinajstić information content (AvgIpc) is 2.74. The maximum atomic E-state index is 13.6. The summed E-state index contributed by atoms with van der Waals surface area (Å²) in [5.74, 6) is -1.43. The lowest BCUT2D eigenvalue weighted by Gasteiger charge is -2.14. The average molecular weight is 466 g/mol. The fraction of sp³-hybridized carbons (Fsp3) is 0.100. The van der Waals surface area contributed by atoms with Gasteiger partial charge in [-0.3, -0.25) is 4.79 Å². The molecule has 3 rings (SSSR count). The summed E-state index contributed by atoms with van der Waals surface area (Å²) < 4.78 is 40.7. The first-order valence-corrected chi connectivity index (χ1v) is 9.37. The highest BCUT2D eigenvalue weighted by Crippen LogP contribution is 2.34. The molecule has 1 heterocycles. The predicted molar refractivity (Wildman–Crippen MR) is 109 cm³/mol. The molecule has 1 aromatic heterocycles. The molecule has 158 valence electrons. The van der Waals surface area contributed by atoms with Gasteiger partial charge in [0.15, 0.2) is 5.69 Å². The Morgan fingerprint density at radius 2 is 1.74 bits per heavy atom. The van der Waals surface area contributed by atoms with Crippen LogP contribution in [0.15, 0.2) is 48.7 Å². The summed E-state index contributed by atoms with van der Waals surface area (Å²) in [6.07, 6.45) is -4.14. The van der Waals surface area contributed by atoms with Crippen LogP contribution in [-0.4, -0.2) is 15.9 Å². The van der Waals surface area contributed by atoms with E-state index in [4.69, 9.17) is 28.5 Å². The lowest BCUT2D eigenvalue weighted by Crippen LogP contribution is -2.27. The molecule has 0 saturated carbocycles. The number of anilines is 2. The van der Waals surface area contributed by atoms with E-state index in [-0.39, 0.29) is 22.3 Å². The van der Waals surface area contributed by atoms with Crippen molar-refractivity contribution in [2.45, 2.75) is 12.7 Å². The molecule has 0 radical (unpaired) electrons. The highest BCUT2D eigenvalue weighted by atomic mass is 35.5. The monoisotopic (exact) mass is 465 g/mol. The van der Waals surface area contributed by atoms with Gasteiger partial charge in [0.2, 0.25) is 5.95 Å². The number of benzene rings is 2. The summed E-state index contributed by atoms with van der Waals surface area (Å²) in [5.41, 5.74) is -0.988. The van der Waals surface area contributed by atoms with E-state index < -0.39 is 29.3 Å². The number of amides is 1. The molecule has 0 aliphatic carbocycles. The third kappa shape index (κ3) is 5.42. The third-order valence-corrected chi connectivity index (χ3v) is 4.67. The van der Waals surface area contributed by atoms with Crippen LogP contribution in [0, 0.1) is 11.3 Å². The number of nitrogens with zero attached hydrogens (tertiary/aromatic N) is 3. The molecule has 2 aromatic carbocycles. The Hall–Kier alpha value is -3.35. The van der Waals surface area contributed by atoms with Crippen LogP contribution in [-0.2, 0) is 12.7 Å². The van der Waals surface area contributed by atoms with Gasteiger partial charge in [0.25, 0.3) is 5.91 Å². The van der Waals surface area contributed by atoms with Crippen molar-refractivity contribution in [1.82, 2.24) is 15.3 Å². The highest BCUT2D eigenvalue weighted by molar-refractivity contribution is 6.39. The number of carbonyl (C=O) groups excluding carboxylic acids is 1. The quantitative estimate of drug-likeness (QED) is 0.529. The second-order valence-corrected chi connectivity index (χ2v) is 6.98. The van der Waals surface area contributed by atoms with Crippen LogP contribution in [0.4, 0.5) is 24.8 Å². The van der Waals surface area contributed by atoms with Gasteiger partial charge >= 0.3 is 6.18 Å². The van der Waals surface area contributed by atoms with Crippen LogP contribution in [0.5, 0.6) is 0 Å². The van der Waals surface area contributed by atoms with Crippen molar-refractivity contribution in [2.75, 3.05) is 5.32 Å². The van der Waals surface area contributed by atoms with Crippen molar-refractivity contribution in [1.29, 1.82) is 5.26 Å². The zero-order chi connectivity index (χ0) is 22.6. The highest BCUT2D eigenvalue weighted by Gasteiger charge is 2.38. The first-order valence-electron chi connectivity index (χ1n) is 8.61. The maximum absolute atomic E-state index is 13.6. The summed E-state index contributed by atoms with van der Waals surface area (Å²) in [5, 5.41) is 14.0. The van der Waals surface area contributed by atoms with E-state index in [1.54, 1.807) is 18.2 Å². The fourth-order valence-corrected chi connectivity index (χ4v) is 3.02. The number of hydrogen-bond donors (Lipinski definition) is 2. The number of alkyl halides is 3. The largest absolute Gasteiger partial charge is 0.434 e. The number of hydrogen-bond acceptors (Lipinski definition) is 5. The third-order valence-electron chi connectivity index (χ3n) is 4.04. The Bertz CT molecular complexity index is 1140. The fourth-order valence-electron chi connectivity index (χ4n) is 2.53. The van der Waals surface area contributed by atoms with Crippen LogP contribution in [0.2, 0.25) is 10.0 Å². The summed E-state index contributed by atoms with van der Waals surface area (Å²) in [6, 6.07) is 12.7. The minimum atomic E-state index is -4.91. The number of rotatable bonds is 5. The van der Waals surface area contributed by atoms with Crippen molar-refractivity contribution >= 4 is 40.7 Å². The normalized spacial score (nSPS) is 11.0. The molecule has 0 fully saturated rings. The first-order chi connectivity index (χ1) is 14.7. The second-order valence-electron chi connectivity index (χ2n) is 6.17. The minimum absolute atomic E-state index is 0.0446. The Labute approximate surface area is 184 Å². The molecule has 1 amide bonds. The maximum Gasteiger partial charge on any atom is 0.434 e. The standard InChI is InChI=1S/C20H12Cl2F3N5O/c21-14-2-1-3-15(22)16(14)29-19-28-10-13(17(30-19)20(23,24)25)18(31)27-9-12-6-4-11(8-26)5-7-12/h1-7,10H,9H2,(H,27,31)(H,28,29,30). The molecule has 2 N–H and O–H groups in total. The van der Waals surface area contributed by atoms with E-state index in [0.717, 1.165) is 6.20 Å². The van der Waals surface area contributed by atoms with E-state index in [9.17, 15) is 18.0 Å². The number of aromatic nitrogens is 2. The van der Waals surface area contributed by atoms with E-state index in [1.807, 2.05) is 6.07 Å². The zero-order valence-corrected chi connectivity index (χ0v) is 17.0. The van der Waals surface area contributed by atoms with E-state index in [1.165, 1.54) is 24.3 Å². The van der Waals surface area contributed by atoms with Crippen LogP contribution >= 0.6 is 23.2 Å². The molecular formula is C20H12Cl2F3N5O. The number of halogens is 5. The molecule has 11 heteroatoms. The van der Waals surface area contributed by atoms with Crippen molar-refractivity contribution < 1.29 is 18.0 Å². The van der Waals surface area contributed by atoms with E-state index in [0.29, 0.717) is 11.1 Å². The van der Waals surface area contributed by atoms with Crippen molar-refractivity contribution in [2.24, 2.45) is 0 Å². The molecule has 0 bridgehead atoms. The van der Waals surface area contributed by atoms with Gasteiger partial charge in [-0.2, -0.15) is 18.4 Å². The van der Waals surface area contributed by atoms with Crippen molar-refractivity contribution in [3.05, 3.63) is 81.1 Å². The molecule has 0 unspecified atom stereocenters. The van der Waals surface area contributed by atoms with Crippen LogP contribution < -0.4 is 10.6 Å². The Kier molecular flexibility index (Phi) is 6.63. The smallest absolute Gasteiger partial charge is 0.348 e. The summed E-state index contributed by atoms with van der Waals surface area (Å²) in [4.78, 5) is 19.6. The summed E-state index contributed by atoms with van der Waals surface area (Å²) in [6.45, 7) is -0.0446. The zero-order valence-electron chi connectivity index (χ0n) is 15.5. The molecule has 31 heavy (non-hydrogen) atoms. The van der Waals surface area contributed by atoms with E-state index >= 15 is 0 Å². The second kappa shape index (κ2) is 9.20. The van der Waals surface area contributed by atoms with Crippen molar-refractivity contribution in [3.63, 3.8) is 0 Å². The van der Waals surface area contributed by atoms with Gasteiger partial charge in [-0.15, -0.1) is 0 Å². The van der Waals surface area contributed by atoms with E-state index in [2.05, 4.69) is 20.6 Å². The SMILES string of the molecule is N#Cc1ccc(CNC(=O)c2cnc(Nc3c(Cl)cccc3Cl)nc2C(F)(F)F)cc1. The van der Waals surface area contributed by atoms with Gasteiger partial charge in [0, 0.05) is 12.7 Å². The molecule has 0 aliphatic heterocycles. The Balaban J connectivity index is 1.84. The molecule has 0 atom stereocenters. The summed E-state index contributed by atoms with van der Waals surface area (Å²) in [7, 11) is 0.